The molecule has 0 saturated heterocycles. The smallest absolute Gasteiger partial charge is 0.326 e. The lowest BCUT2D eigenvalue weighted by Crippen LogP contribution is -2.10. The van der Waals surface area contributed by atoms with Gasteiger partial charge in [0.15, 0.2) is 0 Å². The van der Waals surface area contributed by atoms with Crippen molar-refractivity contribution < 1.29 is 13.2 Å². The van der Waals surface area contributed by atoms with Crippen LogP contribution in [0.25, 0.3) is 0 Å². The Morgan fingerprint density at radius 2 is 1.81 bits per heavy atom. The van der Waals surface area contributed by atoms with Gasteiger partial charge in [-0.2, -0.15) is 13.2 Å². The molecule has 2 nitrogen and oxygen atoms in total. The molecule has 0 bridgehead atoms. The first-order valence-electron chi connectivity index (χ1n) is 6.33. The second kappa shape index (κ2) is 6.07. The third kappa shape index (κ3) is 3.77. The van der Waals surface area contributed by atoms with Crippen molar-refractivity contribution in [1.82, 2.24) is 4.98 Å². The standard InChI is InChI=1S/C15H15F3N2S/c1-9-3-5-12(7-10(9)2)21-14-11(8-19)4-6-13(20-14)15(16,17)18/h3-7H,8,19H2,1-2H3. The van der Waals surface area contributed by atoms with E-state index in [0.717, 1.165) is 22.1 Å². The zero-order valence-corrected chi connectivity index (χ0v) is 12.5. The van der Waals surface area contributed by atoms with Crippen LogP contribution in [0.3, 0.4) is 0 Å². The molecule has 0 aliphatic rings. The molecule has 0 atom stereocenters. The summed E-state index contributed by atoms with van der Waals surface area (Å²) in [5.41, 5.74) is 7.51. The number of benzene rings is 1. The molecule has 2 N–H and O–H groups in total. The minimum Gasteiger partial charge on any atom is -0.326 e. The zero-order chi connectivity index (χ0) is 15.6. The fourth-order valence-electron chi connectivity index (χ4n) is 1.76. The van der Waals surface area contributed by atoms with Crippen molar-refractivity contribution in [3.63, 3.8) is 0 Å². The van der Waals surface area contributed by atoms with Crippen LogP contribution in [0.15, 0.2) is 40.3 Å². The van der Waals surface area contributed by atoms with E-state index in [-0.39, 0.29) is 6.54 Å². The van der Waals surface area contributed by atoms with Crippen LogP contribution in [-0.4, -0.2) is 4.98 Å². The number of nitrogens with two attached hydrogens (primary N) is 1. The van der Waals surface area contributed by atoms with Crippen LogP contribution in [-0.2, 0) is 12.7 Å². The minimum absolute atomic E-state index is 0.151. The lowest BCUT2D eigenvalue weighted by molar-refractivity contribution is -0.141. The lowest BCUT2D eigenvalue weighted by Gasteiger charge is -2.12. The summed E-state index contributed by atoms with van der Waals surface area (Å²) in [7, 11) is 0. The molecule has 0 aliphatic heterocycles. The van der Waals surface area contributed by atoms with E-state index in [1.807, 2.05) is 32.0 Å². The summed E-state index contributed by atoms with van der Waals surface area (Å²) >= 11 is 1.20. The van der Waals surface area contributed by atoms with E-state index in [1.54, 1.807) is 0 Å². The largest absolute Gasteiger partial charge is 0.433 e. The van der Waals surface area contributed by atoms with Gasteiger partial charge in [-0.05, 0) is 48.7 Å². The lowest BCUT2D eigenvalue weighted by atomic mass is 10.1. The Balaban J connectivity index is 2.39. The van der Waals surface area contributed by atoms with E-state index in [0.29, 0.717) is 10.6 Å². The van der Waals surface area contributed by atoms with Gasteiger partial charge >= 0.3 is 6.18 Å². The van der Waals surface area contributed by atoms with Gasteiger partial charge in [-0.25, -0.2) is 4.98 Å². The highest BCUT2D eigenvalue weighted by Gasteiger charge is 2.33. The molecule has 21 heavy (non-hydrogen) atoms. The first-order chi connectivity index (χ1) is 9.81. The number of hydrogen-bond donors (Lipinski definition) is 1. The van der Waals surface area contributed by atoms with Crippen molar-refractivity contribution in [2.45, 2.75) is 36.5 Å². The molecule has 0 unspecified atom stereocenters. The number of aromatic nitrogens is 1. The highest BCUT2D eigenvalue weighted by molar-refractivity contribution is 7.99. The van der Waals surface area contributed by atoms with Crippen molar-refractivity contribution in [2.75, 3.05) is 0 Å². The Morgan fingerprint density at radius 1 is 1.10 bits per heavy atom. The highest BCUT2D eigenvalue weighted by atomic mass is 32.2. The number of alkyl halides is 3. The summed E-state index contributed by atoms with van der Waals surface area (Å²) in [5.74, 6) is 0. The molecule has 0 saturated carbocycles. The molecular weight excluding hydrogens is 297 g/mol. The Kier molecular flexibility index (Phi) is 4.58. The normalized spacial score (nSPS) is 11.7. The summed E-state index contributed by atoms with van der Waals surface area (Å²) in [6.45, 7) is 4.10. The summed E-state index contributed by atoms with van der Waals surface area (Å²) < 4.78 is 38.3. The van der Waals surface area contributed by atoms with Gasteiger partial charge in [0.05, 0.1) is 0 Å². The van der Waals surface area contributed by atoms with Gasteiger partial charge in [0.1, 0.15) is 10.7 Å². The maximum Gasteiger partial charge on any atom is 0.433 e. The maximum absolute atomic E-state index is 12.8. The van der Waals surface area contributed by atoms with Gasteiger partial charge in [-0.15, -0.1) is 0 Å². The monoisotopic (exact) mass is 312 g/mol. The second-order valence-corrected chi connectivity index (χ2v) is 5.77. The molecule has 1 aromatic heterocycles. The molecular formula is C15H15F3N2S. The number of halogens is 3. The molecule has 0 fully saturated rings. The van der Waals surface area contributed by atoms with Crippen LogP contribution in [0.4, 0.5) is 13.2 Å². The average Bonchev–Trinajstić information content (AvgIpc) is 2.42. The zero-order valence-electron chi connectivity index (χ0n) is 11.7. The van der Waals surface area contributed by atoms with E-state index in [4.69, 9.17) is 5.73 Å². The quantitative estimate of drug-likeness (QED) is 0.917. The predicted octanol–water partition coefficient (Wildman–Crippen LogP) is 4.33. The van der Waals surface area contributed by atoms with Gasteiger partial charge in [-0.3, -0.25) is 0 Å². The average molecular weight is 312 g/mol. The van der Waals surface area contributed by atoms with Crippen molar-refractivity contribution in [1.29, 1.82) is 0 Å². The van der Waals surface area contributed by atoms with Crippen LogP contribution in [0, 0.1) is 13.8 Å². The molecule has 2 aromatic rings. The number of hydrogen-bond acceptors (Lipinski definition) is 3. The molecule has 112 valence electrons. The molecule has 0 spiro atoms. The Labute approximate surface area is 125 Å². The topological polar surface area (TPSA) is 38.9 Å². The van der Waals surface area contributed by atoms with E-state index >= 15 is 0 Å². The second-order valence-electron chi connectivity index (χ2n) is 4.71. The van der Waals surface area contributed by atoms with Gasteiger partial charge < -0.3 is 5.73 Å². The molecule has 0 aliphatic carbocycles. The fourth-order valence-corrected chi connectivity index (χ4v) is 2.78. The molecule has 6 heteroatoms. The van der Waals surface area contributed by atoms with Gasteiger partial charge in [0.25, 0.3) is 0 Å². The highest BCUT2D eigenvalue weighted by Crippen LogP contribution is 2.34. The van der Waals surface area contributed by atoms with Crippen molar-refractivity contribution in [3.05, 3.63) is 52.7 Å². The first-order valence-corrected chi connectivity index (χ1v) is 7.15. The number of nitrogens with zero attached hydrogens (tertiary/aromatic N) is 1. The Bertz CT molecular complexity index is 654. The maximum atomic E-state index is 12.8. The van der Waals surface area contributed by atoms with Crippen LogP contribution in [0.2, 0.25) is 0 Å². The third-order valence-corrected chi connectivity index (χ3v) is 4.18. The van der Waals surface area contributed by atoms with Crippen LogP contribution < -0.4 is 5.73 Å². The summed E-state index contributed by atoms with van der Waals surface area (Å²) in [5, 5.41) is 0.301. The number of rotatable bonds is 3. The predicted molar refractivity (Wildman–Crippen MR) is 77.2 cm³/mol. The van der Waals surface area contributed by atoms with Crippen LogP contribution >= 0.6 is 11.8 Å². The summed E-state index contributed by atoms with van der Waals surface area (Å²) in [4.78, 5) is 4.57. The van der Waals surface area contributed by atoms with Crippen molar-refractivity contribution in [3.8, 4) is 0 Å². The first kappa shape index (κ1) is 15.9. The van der Waals surface area contributed by atoms with E-state index < -0.39 is 11.9 Å². The van der Waals surface area contributed by atoms with E-state index in [9.17, 15) is 13.2 Å². The van der Waals surface area contributed by atoms with Gasteiger partial charge in [-0.1, -0.05) is 23.9 Å². The molecule has 1 heterocycles. The molecule has 2 rings (SSSR count). The molecule has 1 aromatic carbocycles. The van der Waals surface area contributed by atoms with Gasteiger partial charge in [0.2, 0.25) is 0 Å². The van der Waals surface area contributed by atoms with Crippen LogP contribution in [0.5, 0.6) is 0 Å². The van der Waals surface area contributed by atoms with E-state index in [1.165, 1.54) is 17.8 Å². The molecule has 0 amide bonds. The van der Waals surface area contributed by atoms with Crippen molar-refractivity contribution >= 4 is 11.8 Å². The van der Waals surface area contributed by atoms with Crippen molar-refractivity contribution in [2.24, 2.45) is 5.73 Å². The number of aryl methyl sites for hydroxylation is 2. The SMILES string of the molecule is Cc1ccc(Sc2nc(C(F)(F)F)ccc2CN)cc1C. The fraction of sp³-hybridized carbons (Fsp3) is 0.267. The van der Waals surface area contributed by atoms with Gasteiger partial charge in [0, 0.05) is 11.4 Å². The molecule has 0 radical (unpaired) electrons. The Morgan fingerprint density at radius 3 is 2.38 bits per heavy atom. The van der Waals surface area contributed by atoms with E-state index in [2.05, 4.69) is 4.98 Å². The Hall–Kier alpha value is -1.53. The van der Waals surface area contributed by atoms with Crippen LogP contribution in [0.1, 0.15) is 22.4 Å². The summed E-state index contributed by atoms with van der Waals surface area (Å²) in [6, 6.07) is 8.09. The third-order valence-electron chi connectivity index (χ3n) is 3.14. The number of pyridine rings is 1. The minimum atomic E-state index is -4.45. The summed E-state index contributed by atoms with van der Waals surface area (Å²) in [6.07, 6.45) is -4.45.